The summed E-state index contributed by atoms with van der Waals surface area (Å²) in [5, 5.41) is 8.97. The van der Waals surface area contributed by atoms with Crippen molar-refractivity contribution in [2.45, 2.75) is 0 Å². The topological polar surface area (TPSA) is 66.8 Å². The summed E-state index contributed by atoms with van der Waals surface area (Å²) in [5.41, 5.74) is 1.13. The number of anilines is 1. The number of benzene rings is 2. The van der Waals surface area contributed by atoms with Crippen molar-refractivity contribution in [3.8, 4) is 11.5 Å². The quantitative estimate of drug-likeness (QED) is 0.645. The molecule has 1 fully saturated rings. The molecule has 1 heterocycles. The first-order valence-electron chi connectivity index (χ1n) is 7.50. The highest BCUT2D eigenvalue weighted by Crippen LogP contribution is 2.37. The zero-order valence-electron chi connectivity index (χ0n) is 13.2. The van der Waals surface area contributed by atoms with E-state index in [1.54, 1.807) is 18.2 Å². The minimum absolute atomic E-state index is 0.0690. The molecule has 1 aliphatic rings. The summed E-state index contributed by atoms with van der Waals surface area (Å²) in [6.07, 6.45) is 3.28. The molecule has 5 nitrogen and oxygen atoms in total. The molecule has 0 bridgehead atoms. The third-order valence-corrected chi connectivity index (χ3v) is 4.33. The molecular weight excluding hydrogens is 338 g/mol. The van der Waals surface area contributed by atoms with Gasteiger partial charge in [-0.25, -0.2) is 4.90 Å². The van der Waals surface area contributed by atoms with Gasteiger partial charge in [-0.3, -0.25) is 9.59 Å². The lowest BCUT2D eigenvalue weighted by atomic mass is 10.2. The Hall–Kier alpha value is -2.99. The molecule has 0 atom stereocenters. The lowest BCUT2D eigenvalue weighted by Gasteiger charge is -2.12. The number of imide groups is 1. The fourth-order valence-electron chi connectivity index (χ4n) is 2.31. The standard InChI is InChI=1S/C19H15NO4S/c1-2-11-24-16-6-4-3-5-13(16)12-17-18(22)20(19(23)25-17)14-7-9-15(21)10-8-14/h2-10,12,21H,1,11H2/b17-12-. The highest BCUT2D eigenvalue weighted by atomic mass is 32.2. The fourth-order valence-corrected chi connectivity index (χ4v) is 3.15. The molecule has 0 aliphatic carbocycles. The number of phenolic OH excluding ortho intramolecular Hbond substituents is 1. The van der Waals surface area contributed by atoms with Crippen molar-refractivity contribution in [2.24, 2.45) is 0 Å². The van der Waals surface area contributed by atoms with Crippen molar-refractivity contribution in [2.75, 3.05) is 11.5 Å². The van der Waals surface area contributed by atoms with Crippen LogP contribution in [-0.4, -0.2) is 22.9 Å². The average Bonchev–Trinajstić information content (AvgIpc) is 2.89. The molecule has 1 N–H and O–H groups in total. The summed E-state index contributed by atoms with van der Waals surface area (Å²) in [4.78, 5) is 26.3. The molecule has 1 saturated heterocycles. The molecule has 2 aromatic rings. The maximum atomic E-state index is 12.6. The Bertz CT molecular complexity index is 858. The lowest BCUT2D eigenvalue weighted by molar-refractivity contribution is -0.113. The van der Waals surface area contributed by atoms with Crippen LogP contribution < -0.4 is 9.64 Å². The van der Waals surface area contributed by atoms with Crippen LogP contribution in [0.1, 0.15) is 5.56 Å². The summed E-state index contributed by atoms with van der Waals surface area (Å²) >= 11 is 0.869. The monoisotopic (exact) mass is 353 g/mol. The molecule has 6 heteroatoms. The molecule has 0 unspecified atom stereocenters. The number of para-hydroxylation sites is 1. The number of carbonyl (C=O) groups is 2. The van der Waals surface area contributed by atoms with E-state index in [1.807, 2.05) is 18.2 Å². The average molecular weight is 353 g/mol. The van der Waals surface area contributed by atoms with E-state index in [-0.39, 0.29) is 11.0 Å². The summed E-state index contributed by atoms with van der Waals surface area (Å²) < 4.78 is 5.57. The van der Waals surface area contributed by atoms with Gasteiger partial charge in [-0.05, 0) is 48.2 Å². The normalized spacial score (nSPS) is 15.7. The highest BCUT2D eigenvalue weighted by molar-refractivity contribution is 8.19. The Labute approximate surface area is 149 Å². The van der Waals surface area contributed by atoms with E-state index in [2.05, 4.69) is 6.58 Å². The zero-order chi connectivity index (χ0) is 17.8. The number of hydrogen-bond acceptors (Lipinski definition) is 5. The van der Waals surface area contributed by atoms with Crippen molar-refractivity contribution in [1.29, 1.82) is 0 Å². The molecule has 0 saturated carbocycles. The van der Waals surface area contributed by atoms with E-state index in [9.17, 15) is 14.7 Å². The third kappa shape index (κ3) is 3.59. The van der Waals surface area contributed by atoms with Crippen LogP contribution in [-0.2, 0) is 4.79 Å². The molecule has 2 amide bonds. The Morgan fingerprint density at radius 1 is 1.12 bits per heavy atom. The van der Waals surface area contributed by atoms with Gasteiger partial charge >= 0.3 is 0 Å². The Kier molecular flexibility index (Phi) is 4.90. The van der Waals surface area contributed by atoms with Crippen molar-refractivity contribution >= 4 is 34.7 Å². The van der Waals surface area contributed by atoms with Gasteiger partial charge in [-0.1, -0.05) is 30.9 Å². The largest absolute Gasteiger partial charge is 0.508 e. The van der Waals surface area contributed by atoms with Crippen molar-refractivity contribution < 1.29 is 19.4 Å². The first-order chi connectivity index (χ1) is 12.1. The summed E-state index contributed by atoms with van der Waals surface area (Å²) in [6, 6.07) is 13.2. The highest BCUT2D eigenvalue weighted by Gasteiger charge is 2.36. The van der Waals surface area contributed by atoms with E-state index in [4.69, 9.17) is 4.74 Å². The summed E-state index contributed by atoms with van der Waals surface area (Å²) in [7, 11) is 0. The number of nitrogens with zero attached hydrogens (tertiary/aromatic N) is 1. The van der Waals surface area contributed by atoms with Gasteiger partial charge in [-0.15, -0.1) is 0 Å². The number of carbonyl (C=O) groups excluding carboxylic acids is 2. The van der Waals surface area contributed by atoms with Crippen LogP contribution in [0.25, 0.3) is 6.08 Å². The van der Waals surface area contributed by atoms with E-state index in [0.717, 1.165) is 16.7 Å². The smallest absolute Gasteiger partial charge is 0.298 e. The van der Waals surface area contributed by atoms with Crippen LogP contribution >= 0.6 is 11.8 Å². The molecule has 3 rings (SSSR count). The number of aromatic hydroxyl groups is 1. The van der Waals surface area contributed by atoms with Gasteiger partial charge in [0.25, 0.3) is 11.1 Å². The summed E-state index contributed by atoms with van der Waals surface area (Å²) in [5.74, 6) is 0.276. The predicted octanol–water partition coefficient (Wildman–Crippen LogP) is 4.20. The van der Waals surface area contributed by atoms with Crippen molar-refractivity contribution in [3.63, 3.8) is 0 Å². The number of phenols is 1. The number of thioether (sulfide) groups is 1. The van der Waals surface area contributed by atoms with Crippen LogP contribution in [0, 0.1) is 0 Å². The maximum absolute atomic E-state index is 12.6. The third-order valence-electron chi connectivity index (χ3n) is 3.46. The molecule has 2 aromatic carbocycles. The molecule has 25 heavy (non-hydrogen) atoms. The summed E-state index contributed by atoms with van der Waals surface area (Å²) in [6.45, 7) is 3.96. The van der Waals surface area contributed by atoms with Crippen LogP contribution in [0.5, 0.6) is 11.5 Å². The van der Waals surface area contributed by atoms with Crippen LogP contribution in [0.3, 0.4) is 0 Å². The second kappa shape index (κ2) is 7.27. The number of amides is 2. The van der Waals surface area contributed by atoms with Crippen LogP contribution in [0.2, 0.25) is 0 Å². The van der Waals surface area contributed by atoms with Gasteiger partial charge in [0, 0.05) is 5.56 Å². The Morgan fingerprint density at radius 2 is 1.84 bits per heavy atom. The molecular formula is C19H15NO4S. The second-order valence-corrected chi connectivity index (χ2v) is 6.16. The van der Waals surface area contributed by atoms with E-state index >= 15 is 0 Å². The second-order valence-electron chi connectivity index (χ2n) is 5.17. The van der Waals surface area contributed by atoms with E-state index < -0.39 is 5.91 Å². The Balaban J connectivity index is 1.91. The van der Waals surface area contributed by atoms with Crippen molar-refractivity contribution in [1.82, 2.24) is 0 Å². The minimum Gasteiger partial charge on any atom is -0.508 e. The van der Waals surface area contributed by atoms with Crippen LogP contribution in [0.15, 0.2) is 66.1 Å². The van der Waals surface area contributed by atoms with E-state index in [1.165, 1.54) is 24.3 Å². The fraction of sp³-hybridized carbons (Fsp3) is 0.0526. The number of hydrogen-bond donors (Lipinski definition) is 1. The SMILES string of the molecule is C=CCOc1ccccc1/C=C1\SC(=O)N(c2ccc(O)cc2)C1=O. The molecule has 126 valence electrons. The van der Waals surface area contributed by atoms with Gasteiger partial charge in [0.05, 0.1) is 10.6 Å². The maximum Gasteiger partial charge on any atom is 0.298 e. The minimum atomic E-state index is -0.404. The number of rotatable bonds is 5. The van der Waals surface area contributed by atoms with Gasteiger partial charge in [-0.2, -0.15) is 0 Å². The Morgan fingerprint density at radius 3 is 2.56 bits per heavy atom. The van der Waals surface area contributed by atoms with Gasteiger partial charge in [0.1, 0.15) is 18.1 Å². The molecule has 0 aromatic heterocycles. The molecule has 0 radical (unpaired) electrons. The first kappa shape index (κ1) is 16.9. The van der Waals surface area contributed by atoms with Gasteiger partial charge in [0.15, 0.2) is 0 Å². The molecule has 0 spiro atoms. The molecule has 1 aliphatic heterocycles. The van der Waals surface area contributed by atoms with E-state index in [0.29, 0.717) is 28.5 Å². The van der Waals surface area contributed by atoms with Crippen molar-refractivity contribution in [3.05, 3.63) is 71.7 Å². The number of ether oxygens (including phenoxy) is 1. The van der Waals surface area contributed by atoms with Crippen LogP contribution in [0.4, 0.5) is 10.5 Å². The van der Waals surface area contributed by atoms with Gasteiger partial charge in [0.2, 0.25) is 0 Å². The predicted molar refractivity (Wildman–Crippen MR) is 98.7 cm³/mol. The lowest BCUT2D eigenvalue weighted by Crippen LogP contribution is -2.27. The van der Waals surface area contributed by atoms with Gasteiger partial charge < -0.3 is 9.84 Å². The first-order valence-corrected chi connectivity index (χ1v) is 8.31. The zero-order valence-corrected chi connectivity index (χ0v) is 14.0.